The number of nitrogens with zero attached hydrogens (tertiary/aromatic N) is 1. The molecule has 1 N–H and O–H groups in total. The monoisotopic (exact) mass is 335 g/mol. The van der Waals surface area contributed by atoms with Crippen molar-refractivity contribution in [1.82, 2.24) is 0 Å². The molecule has 1 fully saturated rings. The van der Waals surface area contributed by atoms with Gasteiger partial charge >= 0.3 is 0 Å². The van der Waals surface area contributed by atoms with Crippen LogP contribution >= 0.6 is 0 Å². The van der Waals surface area contributed by atoms with Gasteiger partial charge in [-0.3, -0.25) is 4.99 Å². The lowest BCUT2D eigenvalue weighted by molar-refractivity contribution is 0.170. The van der Waals surface area contributed by atoms with Crippen molar-refractivity contribution in [3.8, 4) is 16.9 Å². The summed E-state index contributed by atoms with van der Waals surface area (Å²) < 4.78 is 0. The smallest absolute Gasteiger partial charge is 0.132 e. The van der Waals surface area contributed by atoms with Gasteiger partial charge in [0, 0.05) is 23.4 Å². The average Bonchev–Trinajstić information content (AvgIpc) is 2.61. The van der Waals surface area contributed by atoms with Gasteiger partial charge in [0.1, 0.15) is 5.75 Å². The maximum Gasteiger partial charge on any atom is 0.132 e. The Hall–Kier alpha value is -2.09. The van der Waals surface area contributed by atoms with E-state index < -0.39 is 0 Å². The van der Waals surface area contributed by atoms with Crippen molar-refractivity contribution in [3.63, 3.8) is 0 Å². The van der Waals surface area contributed by atoms with Gasteiger partial charge in [0.15, 0.2) is 0 Å². The van der Waals surface area contributed by atoms with Crippen LogP contribution in [0.2, 0.25) is 0 Å². The normalized spacial score (nSPS) is 21.6. The van der Waals surface area contributed by atoms with Crippen molar-refractivity contribution in [2.75, 3.05) is 0 Å². The van der Waals surface area contributed by atoms with E-state index in [0.29, 0.717) is 17.2 Å². The summed E-state index contributed by atoms with van der Waals surface area (Å²) in [6.45, 7) is 7.02. The summed E-state index contributed by atoms with van der Waals surface area (Å²) >= 11 is 0. The molecule has 3 rings (SSSR count). The number of phenols is 1. The van der Waals surface area contributed by atoms with Crippen molar-refractivity contribution in [3.05, 3.63) is 54.1 Å². The molecule has 2 aromatic rings. The quantitative estimate of drug-likeness (QED) is 0.677. The molecule has 2 aromatic carbocycles. The number of phenolic OH excluding ortho intramolecular Hbond substituents is 1. The third-order valence-electron chi connectivity index (χ3n) is 5.50. The molecular weight excluding hydrogens is 306 g/mol. The van der Waals surface area contributed by atoms with E-state index in [1.165, 1.54) is 12.8 Å². The predicted octanol–water partition coefficient (Wildman–Crippen LogP) is 6.08. The molecule has 2 nitrogen and oxygen atoms in total. The zero-order valence-corrected chi connectivity index (χ0v) is 15.6. The second-order valence-corrected chi connectivity index (χ2v) is 8.26. The highest BCUT2D eigenvalue weighted by atomic mass is 16.3. The van der Waals surface area contributed by atoms with Crippen LogP contribution in [0.5, 0.6) is 5.75 Å². The van der Waals surface area contributed by atoms with Gasteiger partial charge in [-0.1, -0.05) is 63.2 Å². The summed E-state index contributed by atoms with van der Waals surface area (Å²) in [7, 11) is 0. The van der Waals surface area contributed by atoms with E-state index in [1.54, 1.807) is 0 Å². The molecule has 0 atom stereocenters. The Bertz CT molecular complexity index is 720. The van der Waals surface area contributed by atoms with Crippen LogP contribution in [-0.4, -0.2) is 17.4 Å². The van der Waals surface area contributed by atoms with Crippen LogP contribution in [-0.2, 0) is 0 Å². The largest absolute Gasteiger partial charge is 0.507 e. The van der Waals surface area contributed by atoms with Gasteiger partial charge in [0.2, 0.25) is 0 Å². The molecule has 0 saturated heterocycles. The Labute approximate surface area is 151 Å². The van der Waals surface area contributed by atoms with Crippen molar-refractivity contribution in [1.29, 1.82) is 0 Å². The molecule has 0 radical (unpaired) electrons. The molecule has 1 saturated carbocycles. The van der Waals surface area contributed by atoms with Gasteiger partial charge in [-0.2, -0.15) is 0 Å². The molecule has 0 unspecified atom stereocenters. The maximum atomic E-state index is 10.6. The Kier molecular flexibility index (Phi) is 5.27. The van der Waals surface area contributed by atoms with E-state index in [9.17, 15) is 5.11 Å². The summed E-state index contributed by atoms with van der Waals surface area (Å²) in [6.07, 6.45) is 6.67. The lowest BCUT2D eigenvalue weighted by Crippen LogP contribution is -2.27. The van der Waals surface area contributed by atoms with Crippen LogP contribution in [0.4, 0.5) is 0 Å². The van der Waals surface area contributed by atoms with E-state index >= 15 is 0 Å². The average molecular weight is 335 g/mol. The van der Waals surface area contributed by atoms with E-state index in [-0.39, 0.29) is 0 Å². The fraction of sp³-hybridized carbons (Fsp3) is 0.435. The summed E-state index contributed by atoms with van der Waals surface area (Å²) in [4.78, 5) is 4.78. The lowest BCUT2D eigenvalue weighted by atomic mass is 9.71. The minimum Gasteiger partial charge on any atom is -0.507 e. The SMILES string of the molecule is CC(C)(C)C1CCC(N=Cc2cccc(-c3ccccc3)c2O)CC1. The molecular formula is C23H29NO. The van der Waals surface area contributed by atoms with E-state index in [2.05, 4.69) is 20.8 Å². The van der Waals surface area contributed by atoms with Crippen LogP contribution in [0.15, 0.2) is 53.5 Å². The molecule has 0 bridgehead atoms. The van der Waals surface area contributed by atoms with Crippen LogP contribution in [0.25, 0.3) is 11.1 Å². The van der Waals surface area contributed by atoms with Crippen LogP contribution in [0.1, 0.15) is 52.0 Å². The molecule has 1 aliphatic carbocycles. The van der Waals surface area contributed by atoms with E-state index in [4.69, 9.17) is 4.99 Å². The Morgan fingerprint density at radius 3 is 2.24 bits per heavy atom. The van der Waals surface area contributed by atoms with Gasteiger partial charge in [0.05, 0.1) is 0 Å². The molecule has 0 aromatic heterocycles. The molecule has 0 spiro atoms. The Balaban J connectivity index is 1.71. The van der Waals surface area contributed by atoms with Gasteiger partial charge in [-0.05, 0) is 48.6 Å². The minimum atomic E-state index is 0.320. The zero-order chi connectivity index (χ0) is 17.9. The second-order valence-electron chi connectivity index (χ2n) is 8.26. The molecule has 132 valence electrons. The first-order valence-corrected chi connectivity index (χ1v) is 9.36. The first-order chi connectivity index (χ1) is 11.9. The van der Waals surface area contributed by atoms with Crippen LogP contribution in [0.3, 0.4) is 0 Å². The fourth-order valence-electron chi connectivity index (χ4n) is 3.79. The summed E-state index contributed by atoms with van der Waals surface area (Å²) in [5, 5.41) is 10.6. The highest BCUT2D eigenvalue weighted by molar-refractivity contribution is 5.88. The second kappa shape index (κ2) is 7.43. The predicted molar refractivity (Wildman–Crippen MR) is 106 cm³/mol. The van der Waals surface area contributed by atoms with Gasteiger partial charge in [0.25, 0.3) is 0 Å². The van der Waals surface area contributed by atoms with Crippen molar-refractivity contribution < 1.29 is 5.11 Å². The highest BCUT2D eigenvalue weighted by Gasteiger charge is 2.29. The number of aromatic hydroxyl groups is 1. The van der Waals surface area contributed by atoms with Crippen molar-refractivity contribution >= 4 is 6.21 Å². The summed E-state index contributed by atoms with van der Waals surface area (Å²) in [5.74, 6) is 1.12. The van der Waals surface area contributed by atoms with Crippen LogP contribution < -0.4 is 0 Å². The standard InChI is InChI=1S/C23H29NO/c1-23(2,3)19-12-14-20(15-13-19)24-16-18-10-7-11-21(22(18)25)17-8-5-4-6-9-17/h4-11,16,19-20,25H,12-15H2,1-3H3. The van der Waals surface area contributed by atoms with Crippen LogP contribution in [0, 0.1) is 11.3 Å². The Morgan fingerprint density at radius 1 is 0.920 bits per heavy atom. The number of benzene rings is 2. The number of hydrogen-bond acceptors (Lipinski definition) is 2. The molecule has 2 heteroatoms. The number of hydrogen-bond donors (Lipinski definition) is 1. The summed E-state index contributed by atoms with van der Waals surface area (Å²) in [6, 6.07) is 16.3. The lowest BCUT2D eigenvalue weighted by Gasteiger charge is -2.35. The number of aliphatic imine (C=N–C) groups is 1. The Morgan fingerprint density at radius 2 is 1.60 bits per heavy atom. The molecule has 0 amide bonds. The minimum absolute atomic E-state index is 0.320. The molecule has 0 heterocycles. The first kappa shape index (κ1) is 17.7. The molecule has 1 aliphatic rings. The third kappa shape index (κ3) is 4.31. The highest BCUT2D eigenvalue weighted by Crippen LogP contribution is 2.38. The fourth-order valence-corrected chi connectivity index (χ4v) is 3.79. The van der Waals surface area contributed by atoms with E-state index in [1.807, 2.05) is 54.7 Å². The number of para-hydroxylation sites is 1. The van der Waals surface area contributed by atoms with Gasteiger partial charge < -0.3 is 5.11 Å². The summed E-state index contributed by atoms with van der Waals surface area (Å²) in [5.41, 5.74) is 3.10. The topological polar surface area (TPSA) is 32.6 Å². The molecule has 25 heavy (non-hydrogen) atoms. The van der Waals surface area contributed by atoms with Gasteiger partial charge in [-0.15, -0.1) is 0 Å². The van der Waals surface area contributed by atoms with E-state index in [0.717, 1.165) is 35.4 Å². The maximum absolute atomic E-state index is 10.6. The molecule has 0 aliphatic heterocycles. The third-order valence-corrected chi connectivity index (χ3v) is 5.50. The van der Waals surface area contributed by atoms with Crippen molar-refractivity contribution in [2.24, 2.45) is 16.3 Å². The van der Waals surface area contributed by atoms with Gasteiger partial charge in [-0.25, -0.2) is 0 Å². The first-order valence-electron chi connectivity index (χ1n) is 9.36. The number of rotatable bonds is 3. The van der Waals surface area contributed by atoms with Crippen molar-refractivity contribution in [2.45, 2.75) is 52.5 Å². The zero-order valence-electron chi connectivity index (χ0n) is 15.6.